The molecule has 0 N–H and O–H groups in total. The molecule has 1 heterocycles. The summed E-state index contributed by atoms with van der Waals surface area (Å²) in [5, 5.41) is 0.730. The van der Waals surface area contributed by atoms with Crippen LogP contribution in [0.4, 0.5) is 0 Å². The highest BCUT2D eigenvalue weighted by Gasteiger charge is 2.10. The van der Waals surface area contributed by atoms with Crippen LogP contribution in [0, 0.1) is 0 Å². The molecule has 0 spiro atoms. The Balaban J connectivity index is 2.29. The van der Waals surface area contributed by atoms with Gasteiger partial charge in [-0.15, -0.1) is 0 Å². The van der Waals surface area contributed by atoms with E-state index in [9.17, 15) is 4.79 Å². The predicted molar refractivity (Wildman–Crippen MR) is 97.1 cm³/mol. The molecule has 0 unspecified atom stereocenters. The van der Waals surface area contributed by atoms with Crippen LogP contribution in [-0.2, 0) is 22.5 Å². The lowest BCUT2D eigenvalue weighted by molar-refractivity contribution is -0.137. The van der Waals surface area contributed by atoms with Crippen LogP contribution < -0.4 is 0 Å². The molecule has 0 aliphatic rings. The van der Waals surface area contributed by atoms with Gasteiger partial charge in [0.05, 0.1) is 25.0 Å². The van der Waals surface area contributed by atoms with E-state index in [0.717, 1.165) is 41.4 Å². The highest BCUT2D eigenvalue weighted by atomic mass is 35.5. The third-order valence-corrected chi connectivity index (χ3v) is 4.05. The Kier molecular flexibility index (Phi) is 7.07. The number of unbranched alkanes of at least 4 members (excludes halogenated alkanes) is 1. The van der Waals surface area contributed by atoms with E-state index in [0.29, 0.717) is 13.2 Å². The molecule has 24 heavy (non-hydrogen) atoms. The van der Waals surface area contributed by atoms with Crippen molar-refractivity contribution in [3.63, 3.8) is 0 Å². The summed E-state index contributed by atoms with van der Waals surface area (Å²) in [6.45, 7) is 4.93. The van der Waals surface area contributed by atoms with Gasteiger partial charge < -0.3 is 9.30 Å². The molecule has 5 heteroatoms. The third kappa shape index (κ3) is 4.96. The number of benzene rings is 1. The average molecular weight is 347 g/mol. The molecule has 0 saturated carbocycles. The number of aryl methyl sites for hydroxylation is 1. The first-order valence-electron chi connectivity index (χ1n) is 8.28. The van der Waals surface area contributed by atoms with Crippen molar-refractivity contribution >= 4 is 23.6 Å². The van der Waals surface area contributed by atoms with Crippen molar-refractivity contribution in [2.75, 3.05) is 6.61 Å². The van der Waals surface area contributed by atoms with Crippen LogP contribution >= 0.6 is 11.6 Å². The molecule has 0 fully saturated rings. The molecule has 2 aromatic rings. The summed E-state index contributed by atoms with van der Waals surface area (Å²) in [5.41, 5.74) is 1.90. The maximum Gasteiger partial charge on any atom is 0.330 e. The number of hydrogen-bond acceptors (Lipinski definition) is 3. The van der Waals surface area contributed by atoms with Crippen LogP contribution in [0.25, 0.3) is 6.08 Å². The summed E-state index contributed by atoms with van der Waals surface area (Å²) >= 11 is 6.29. The van der Waals surface area contributed by atoms with Crippen LogP contribution in [0.3, 0.4) is 0 Å². The number of nitrogens with zero attached hydrogens (tertiary/aromatic N) is 2. The summed E-state index contributed by atoms with van der Waals surface area (Å²) in [5.74, 6) is 0.651. The number of rotatable bonds is 8. The minimum Gasteiger partial charge on any atom is -0.463 e. The van der Waals surface area contributed by atoms with Gasteiger partial charge in [0, 0.05) is 17.5 Å². The third-order valence-electron chi connectivity index (χ3n) is 3.69. The van der Waals surface area contributed by atoms with E-state index in [1.54, 1.807) is 19.2 Å². The molecule has 0 aliphatic carbocycles. The van der Waals surface area contributed by atoms with Gasteiger partial charge in [0.25, 0.3) is 0 Å². The van der Waals surface area contributed by atoms with E-state index in [-0.39, 0.29) is 5.97 Å². The average Bonchev–Trinajstić information content (AvgIpc) is 2.95. The lowest BCUT2D eigenvalue weighted by Gasteiger charge is -2.11. The van der Waals surface area contributed by atoms with Gasteiger partial charge in [-0.1, -0.05) is 43.1 Å². The van der Waals surface area contributed by atoms with Crippen LogP contribution in [-0.4, -0.2) is 22.1 Å². The molecular formula is C19H23ClN2O2. The minimum absolute atomic E-state index is 0.349. The van der Waals surface area contributed by atoms with E-state index in [4.69, 9.17) is 16.3 Å². The second kappa shape index (κ2) is 9.28. The first-order chi connectivity index (χ1) is 11.7. The van der Waals surface area contributed by atoms with Gasteiger partial charge in [-0.05, 0) is 31.1 Å². The molecule has 0 amide bonds. The predicted octanol–water partition coefficient (Wildman–Crippen LogP) is 4.50. The van der Waals surface area contributed by atoms with Crippen molar-refractivity contribution in [2.45, 2.75) is 39.7 Å². The van der Waals surface area contributed by atoms with Crippen molar-refractivity contribution in [2.24, 2.45) is 0 Å². The Morgan fingerprint density at radius 1 is 1.33 bits per heavy atom. The van der Waals surface area contributed by atoms with Crippen molar-refractivity contribution in [1.29, 1.82) is 0 Å². The van der Waals surface area contributed by atoms with Gasteiger partial charge in [-0.3, -0.25) is 0 Å². The highest BCUT2D eigenvalue weighted by molar-refractivity contribution is 6.31. The first-order valence-corrected chi connectivity index (χ1v) is 8.66. The van der Waals surface area contributed by atoms with E-state index >= 15 is 0 Å². The van der Waals surface area contributed by atoms with E-state index < -0.39 is 0 Å². The quantitative estimate of drug-likeness (QED) is 0.522. The molecule has 0 saturated heterocycles. The zero-order valence-electron chi connectivity index (χ0n) is 14.2. The Morgan fingerprint density at radius 2 is 2.12 bits per heavy atom. The lowest BCUT2D eigenvalue weighted by atomic mass is 10.2. The highest BCUT2D eigenvalue weighted by Crippen LogP contribution is 2.19. The Morgan fingerprint density at radius 3 is 2.83 bits per heavy atom. The summed E-state index contributed by atoms with van der Waals surface area (Å²) in [6.07, 6.45) is 8.05. The van der Waals surface area contributed by atoms with Crippen molar-refractivity contribution in [3.8, 4) is 0 Å². The molecule has 1 aromatic heterocycles. The second-order valence-corrected chi connectivity index (χ2v) is 5.87. The molecule has 128 valence electrons. The molecule has 0 atom stereocenters. The smallest absolute Gasteiger partial charge is 0.330 e. The molecule has 0 aliphatic heterocycles. The summed E-state index contributed by atoms with van der Waals surface area (Å²) in [7, 11) is 0. The summed E-state index contributed by atoms with van der Waals surface area (Å²) in [4.78, 5) is 16.1. The minimum atomic E-state index is -0.349. The molecule has 4 nitrogen and oxygen atoms in total. The van der Waals surface area contributed by atoms with Gasteiger partial charge >= 0.3 is 5.97 Å². The molecular weight excluding hydrogens is 324 g/mol. The number of halogens is 1. The monoisotopic (exact) mass is 346 g/mol. The first kappa shape index (κ1) is 18.3. The number of carbonyl (C=O) groups is 1. The fourth-order valence-electron chi connectivity index (χ4n) is 2.42. The standard InChI is InChI=1S/C19H23ClN2O2/c1-3-5-10-18-21-13-16(11-12-19(23)24-4-2)22(18)14-15-8-6-7-9-17(15)20/h6-9,11-13H,3-5,10,14H2,1-2H3/b12-11+. The van der Waals surface area contributed by atoms with E-state index in [2.05, 4.69) is 16.5 Å². The normalized spacial score (nSPS) is 11.1. The van der Waals surface area contributed by atoms with Crippen molar-refractivity contribution in [1.82, 2.24) is 9.55 Å². The largest absolute Gasteiger partial charge is 0.463 e. The zero-order chi connectivity index (χ0) is 17.4. The van der Waals surface area contributed by atoms with Gasteiger partial charge in [-0.25, -0.2) is 9.78 Å². The van der Waals surface area contributed by atoms with Crippen LogP contribution in [0.15, 0.2) is 36.5 Å². The molecule has 2 rings (SSSR count). The van der Waals surface area contributed by atoms with Crippen LogP contribution in [0.5, 0.6) is 0 Å². The Labute approximate surface area is 148 Å². The number of carbonyl (C=O) groups excluding carboxylic acids is 1. The maximum absolute atomic E-state index is 11.6. The van der Waals surface area contributed by atoms with Gasteiger partial charge in [0.1, 0.15) is 5.82 Å². The van der Waals surface area contributed by atoms with E-state index in [1.165, 1.54) is 6.08 Å². The molecule has 1 aromatic carbocycles. The second-order valence-electron chi connectivity index (χ2n) is 5.47. The topological polar surface area (TPSA) is 44.1 Å². The van der Waals surface area contributed by atoms with Crippen LogP contribution in [0.2, 0.25) is 5.02 Å². The Bertz CT molecular complexity index is 707. The van der Waals surface area contributed by atoms with Gasteiger partial charge in [-0.2, -0.15) is 0 Å². The van der Waals surface area contributed by atoms with Gasteiger partial charge in [0.15, 0.2) is 0 Å². The number of ether oxygens (including phenoxy) is 1. The molecule has 0 bridgehead atoms. The summed E-state index contributed by atoms with van der Waals surface area (Å²) in [6, 6.07) is 7.77. The SMILES string of the molecule is CCCCc1ncc(/C=C/C(=O)OCC)n1Cc1ccccc1Cl. The van der Waals surface area contributed by atoms with Crippen LogP contribution in [0.1, 0.15) is 43.8 Å². The molecule has 0 radical (unpaired) electrons. The lowest BCUT2D eigenvalue weighted by Crippen LogP contribution is -2.08. The van der Waals surface area contributed by atoms with Gasteiger partial charge in [0.2, 0.25) is 0 Å². The zero-order valence-corrected chi connectivity index (χ0v) is 14.9. The summed E-state index contributed by atoms with van der Waals surface area (Å²) < 4.78 is 7.04. The fourth-order valence-corrected chi connectivity index (χ4v) is 2.62. The van der Waals surface area contributed by atoms with E-state index in [1.807, 2.05) is 24.3 Å². The number of imidazole rings is 1. The fraction of sp³-hybridized carbons (Fsp3) is 0.368. The Hall–Kier alpha value is -2.07. The van der Waals surface area contributed by atoms with Crippen molar-refractivity contribution in [3.05, 3.63) is 58.6 Å². The maximum atomic E-state index is 11.6. The number of esters is 1. The van der Waals surface area contributed by atoms with Crippen molar-refractivity contribution < 1.29 is 9.53 Å². The number of hydrogen-bond donors (Lipinski definition) is 0. The number of aromatic nitrogens is 2.